The van der Waals surface area contributed by atoms with E-state index in [1.54, 1.807) is 6.07 Å². The molecule has 0 unspecified atom stereocenters. The highest BCUT2D eigenvalue weighted by Gasteiger charge is 2.13. The van der Waals surface area contributed by atoms with Gasteiger partial charge in [0.25, 0.3) is 5.91 Å². The lowest BCUT2D eigenvalue weighted by atomic mass is 10.1. The topological polar surface area (TPSA) is 76.7 Å². The Labute approximate surface area is 159 Å². The molecule has 9 heteroatoms. The first-order chi connectivity index (χ1) is 13.4. The monoisotopic (exact) mass is 396 g/mol. The molecule has 0 spiro atoms. The molecule has 2 amide bonds. The maximum Gasteiger partial charge on any atom is 0.387 e. The van der Waals surface area contributed by atoms with Crippen LogP contribution in [0.1, 0.15) is 15.9 Å². The molecule has 6 nitrogen and oxygen atoms in total. The highest BCUT2D eigenvalue weighted by molar-refractivity contribution is 5.96. The number of ether oxygens (including phenoxy) is 2. The summed E-state index contributed by atoms with van der Waals surface area (Å²) in [6.07, 6.45) is 0.401. The first-order valence-electron chi connectivity index (χ1n) is 8.32. The third-order valence-electron chi connectivity index (χ3n) is 3.71. The van der Waals surface area contributed by atoms with Crippen molar-refractivity contribution in [3.8, 4) is 11.5 Å². The minimum Gasteiger partial charge on any atom is -0.493 e. The quantitative estimate of drug-likeness (QED) is 0.683. The van der Waals surface area contributed by atoms with E-state index in [2.05, 4.69) is 15.4 Å². The maximum atomic E-state index is 13.5. The van der Waals surface area contributed by atoms with Gasteiger partial charge in [-0.05, 0) is 36.2 Å². The lowest BCUT2D eigenvalue weighted by Gasteiger charge is -2.12. The minimum atomic E-state index is -2.96. The molecule has 2 N–H and O–H groups in total. The van der Waals surface area contributed by atoms with Gasteiger partial charge >= 0.3 is 6.61 Å². The number of alkyl halides is 2. The number of hydrogen-bond acceptors (Lipinski definition) is 4. The molecule has 28 heavy (non-hydrogen) atoms. The van der Waals surface area contributed by atoms with Crippen LogP contribution in [-0.4, -0.2) is 38.6 Å². The molecule has 0 radical (unpaired) electrons. The number of nitrogens with one attached hydrogen (secondary N) is 2. The Balaban J connectivity index is 1.79. The molecule has 2 aromatic carbocycles. The van der Waals surface area contributed by atoms with Crippen molar-refractivity contribution in [1.82, 2.24) is 10.6 Å². The zero-order valence-corrected chi connectivity index (χ0v) is 15.0. The van der Waals surface area contributed by atoms with Crippen molar-refractivity contribution in [2.75, 3.05) is 20.2 Å². The van der Waals surface area contributed by atoms with Crippen LogP contribution >= 0.6 is 0 Å². The van der Waals surface area contributed by atoms with E-state index < -0.39 is 24.2 Å². The van der Waals surface area contributed by atoms with E-state index in [0.29, 0.717) is 6.42 Å². The number of benzene rings is 2. The van der Waals surface area contributed by atoms with Crippen molar-refractivity contribution in [3.05, 3.63) is 59.4 Å². The second-order valence-electron chi connectivity index (χ2n) is 5.63. The summed E-state index contributed by atoms with van der Waals surface area (Å²) in [4.78, 5) is 23.6. The first-order valence-corrected chi connectivity index (χ1v) is 8.32. The molecule has 0 fully saturated rings. The van der Waals surface area contributed by atoms with E-state index in [1.165, 1.54) is 37.4 Å². The third-order valence-corrected chi connectivity index (χ3v) is 3.71. The van der Waals surface area contributed by atoms with Gasteiger partial charge in [-0.25, -0.2) is 4.39 Å². The molecule has 0 saturated heterocycles. The van der Waals surface area contributed by atoms with Crippen molar-refractivity contribution < 1.29 is 32.2 Å². The normalized spacial score (nSPS) is 10.5. The number of amides is 2. The number of carbonyl (C=O) groups is 2. The molecule has 0 aliphatic rings. The van der Waals surface area contributed by atoms with Crippen LogP contribution in [0, 0.1) is 5.82 Å². The predicted octanol–water partition coefficient (Wildman–Crippen LogP) is 2.52. The number of halogens is 3. The largest absolute Gasteiger partial charge is 0.493 e. The van der Waals surface area contributed by atoms with Gasteiger partial charge in [0.05, 0.1) is 19.2 Å². The van der Waals surface area contributed by atoms with Gasteiger partial charge in [0, 0.05) is 6.54 Å². The van der Waals surface area contributed by atoms with E-state index in [0.717, 1.165) is 11.6 Å². The van der Waals surface area contributed by atoms with Gasteiger partial charge in [-0.1, -0.05) is 18.2 Å². The van der Waals surface area contributed by atoms with Crippen molar-refractivity contribution in [1.29, 1.82) is 0 Å². The van der Waals surface area contributed by atoms with Crippen LogP contribution in [0.4, 0.5) is 13.2 Å². The summed E-state index contributed by atoms with van der Waals surface area (Å²) < 4.78 is 47.5. The highest BCUT2D eigenvalue weighted by Crippen LogP contribution is 2.29. The van der Waals surface area contributed by atoms with Crippen molar-refractivity contribution in [3.63, 3.8) is 0 Å². The zero-order chi connectivity index (χ0) is 20.5. The summed E-state index contributed by atoms with van der Waals surface area (Å²) in [5, 5.41) is 4.93. The van der Waals surface area contributed by atoms with Crippen LogP contribution in [0.15, 0.2) is 42.5 Å². The summed E-state index contributed by atoms with van der Waals surface area (Å²) in [6.45, 7) is -3.02. The van der Waals surface area contributed by atoms with E-state index in [4.69, 9.17) is 4.74 Å². The van der Waals surface area contributed by atoms with Crippen LogP contribution in [-0.2, 0) is 11.2 Å². The SMILES string of the molecule is COc1cc(CCNC(=O)CNC(=O)c2ccccc2F)ccc1OC(F)F. The first kappa shape index (κ1) is 21.1. The lowest BCUT2D eigenvalue weighted by molar-refractivity contribution is -0.120. The molecule has 2 aromatic rings. The van der Waals surface area contributed by atoms with Gasteiger partial charge in [0.15, 0.2) is 11.5 Å². The van der Waals surface area contributed by atoms with Crippen LogP contribution in [0.5, 0.6) is 11.5 Å². The van der Waals surface area contributed by atoms with Crippen LogP contribution in [0.2, 0.25) is 0 Å². The standard InChI is InChI=1S/C19H19F3N2O4/c1-27-16-10-12(6-7-15(16)28-19(21)22)8-9-23-17(25)11-24-18(26)13-4-2-3-5-14(13)20/h2-7,10,19H,8-9,11H2,1H3,(H,23,25)(H,24,26). The van der Waals surface area contributed by atoms with Gasteiger partial charge in [0.1, 0.15) is 5.82 Å². The van der Waals surface area contributed by atoms with Gasteiger partial charge in [-0.2, -0.15) is 8.78 Å². The molecule has 150 valence electrons. The lowest BCUT2D eigenvalue weighted by Crippen LogP contribution is -2.37. The van der Waals surface area contributed by atoms with Crippen LogP contribution in [0.3, 0.4) is 0 Å². The number of rotatable bonds is 9. The fourth-order valence-electron chi connectivity index (χ4n) is 2.37. The molecule has 0 saturated carbocycles. The summed E-state index contributed by atoms with van der Waals surface area (Å²) in [5.41, 5.74) is 0.586. The molecule has 0 atom stereocenters. The molecular formula is C19H19F3N2O4. The second kappa shape index (κ2) is 10.2. The van der Waals surface area contributed by atoms with Crippen LogP contribution in [0.25, 0.3) is 0 Å². The molecule has 0 bridgehead atoms. The predicted molar refractivity (Wildman–Crippen MR) is 95.1 cm³/mol. The number of hydrogen-bond donors (Lipinski definition) is 2. The van der Waals surface area contributed by atoms with E-state index >= 15 is 0 Å². The Morgan fingerprint density at radius 3 is 2.50 bits per heavy atom. The van der Waals surface area contributed by atoms with Gasteiger partial charge in [-0.15, -0.1) is 0 Å². The number of methoxy groups -OCH3 is 1. The Kier molecular flexibility index (Phi) is 7.67. The Morgan fingerprint density at radius 2 is 1.82 bits per heavy atom. The van der Waals surface area contributed by atoms with Crippen LogP contribution < -0.4 is 20.1 Å². The molecule has 2 rings (SSSR count). The van der Waals surface area contributed by atoms with E-state index in [1.807, 2.05) is 0 Å². The zero-order valence-electron chi connectivity index (χ0n) is 15.0. The van der Waals surface area contributed by atoms with Crippen molar-refractivity contribution in [2.24, 2.45) is 0 Å². The summed E-state index contributed by atoms with van der Waals surface area (Å²) in [7, 11) is 1.33. The molecular weight excluding hydrogens is 377 g/mol. The molecule has 0 aliphatic carbocycles. The molecule has 0 aliphatic heterocycles. The Hall–Kier alpha value is -3.23. The summed E-state index contributed by atoms with van der Waals surface area (Å²) in [6, 6.07) is 9.91. The van der Waals surface area contributed by atoms with Crippen molar-refractivity contribution in [2.45, 2.75) is 13.0 Å². The maximum absolute atomic E-state index is 13.5. The molecule has 0 heterocycles. The Morgan fingerprint density at radius 1 is 1.07 bits per heavy atom. The fraction of sp³-hybridized carbons (Fsp3) is 0.263. The van der Waals surface area contributed by atoms with E-state index in [-0.39, 0.29) is 30.2 Å². The van der Waals surface area contributed by atoms with Crippen molar-refractivity contribution >= 4 is 11.8 Å². The fourth-order valence-corrected chi connectivity index (χ4v) is 2.37. The number of carbonyl (C=O) groups excluding carboxylic acids is 2. The molecule has 0 aromatic heterocycles. The third kappa shape index (κ3) is 6.19. The summed E-state index contributed by atoms with van der Waals surface area (Å²) >= 11 is 0. The average Bonchev–Trinajstić information content (AvgIpc) is 2.67. The van der Waals surface area contributed by atoms with Gasteiger partial charge < -0.3 is 20.1 Å². The smallest absolute Gasteiger partial charge is 0.387 e. The minimum absolute atomic E-state index is 0.0823. The van der Waals surface area contributed by atoms with Gasteiger partial charge in [0.2, 0.25) is 5.91 Å². The highest BCUT2D eigenvalue weighted by atomic mass is 19.3. The Bertz CT molecular complexity index is 831. The summed E-state index contributed by atoms with van der Waals surface area (Å²) in [5.74, 6) is -1.74. The van der Waals surface area contributed by atoms with Gasteiger partial charge in [-0.3, -0.25) is 9.59 Å². The average molecular weight is 396 g/mol. The second-order valence-corrected chi connectivity index (χ2v) is 5.63. The van der Waals surface area contributed by atoms with E-state index in [9.17, 15) is 22.8 Å².